The van der Waals surface area contributed by atoms with Gasteiger partial charge in [-0.05, 0) is 58.2 Å². The second-order valence-corrected chi connectivity index (χ2v) is 16.0. The zero-order chi connectivity index (χ0) is 21.6. The molecule has 2 rings (SSSR count). The van der Waals surface area contributed by atoms with Gasteiger partial charge < -0.3 is 5.32 Å². The maximum absolute atomic E-state index is 3.83. The lowest BCUT2D eigenvalue weighted by atomic mass is 10.1. The molecule has 0 bridgehead atoms. The average molecular weight is 430 g/mol. The maximum atomic E-state index is 3.83. The molecular formula is C26H41NP2. The molecule has 29 heavy (non-hydrogen) atoms. The Morgan fingerprint density at radius 2 is 0.862 bits per heavy atom. The molecule has 3 heteroatoms. The zero-order valence-corrected chi connectivity index (χ0v) is 21.5. The monoisotopic (exact) mass is 429 g/mol. The first kappa shape index (κ1) is 24.4. The summed E-state index contributed by atoms with van der Waals surface area (Å²) >= 11 is 0. The van der Waals surface area contributed by atoms with Gasteiger partial charge in [-0.25, -0.2) is 0 Å². The standard InChI is InChI=1S/C26H41NP2/c1-19(2)28(20(3)4)17-23-13-9-11-15-25(23)27-26-16-12-10-14-24(26)18-29(21(5)6)22(7)8/h9-16,19-22,27H,17-18H2,1-8H3. The van der Waals surface area contributed by atoms with E-state index in [2.05, 4.69) is 109 Å². The topological polar surface area (TPSA) is 12.0 Å². The third kappa shape index (κ3) is 7.08. The molecule has 0 aliphatic rings. The van der Waals surface area contributed by atoms with Crippen LogP contribution in [-0.4, -0.2) is 22.6 Å². The van der Waals surface area contributed by atoms with E-state index in [1.807, 2.05) is 0 Å². The van der Waals surface area contributed by atoms with Gasteiger partial charge >= 0.3 is 0 Å². The van der Waals surface area contributed by atoms with Gasteiger partial charge in [-0.1, -0.05) is 108 Å². The Labute approximate surface area is 182 Å². The van der Waals surface area contributed by atoms with Crippen molar-refractivity contribution in [1.82, 2.24) is 0 Å². The van der Waals surface area contributed by atoms with Crippen molar-refractivity contribution in [3.8, 4) is 0 Å². The normalized spacial score (nSPS) is 12.2. The van der Waals surface area contributed by atoms with E-state index in [-0.39, 0.29) is 15.8 Å². The summed E-state index contributed by atoms with van der Waals surface area (Å²) < 4.78 is 0. The Hall–Kier alpha value is -0.900. The molecule has 0 aliphatic heterocycles. The maximum Gasteiger partial charge on any atom is 0.0420 e. The smallest absolute Gasteiger partial charge is 0.0420 e. The second kappa shape index (κ2) is 11.5. The number of hydrogen-bond donors (Lipinski definition) is 1. The first-order valence-corrected chi connectivity index (χ1v) is 14.5. The summed E-state index contributed by atoms with van der Waals surface area (Å²) in [5, 5.41) is 3.83. The average Bonchev–Trinajstić information content (AvgIpc) is 2.65. The van der Waals surface area contributed by atoms with E-state index in [0.717, 1.165) is 22.6 Å². The number of benzene rings is 2. The van der Waals surface area contributed by atoms with Crippen molar-refractivity contribution >= 4 is 27.2 Å². The quantitative estimate of drug-likeness (QED) is 0.371. The van der Waals surface area contributed by atoms with Crippen LogP contribution >= 0.6 is 15.8 Å². The van der Waals surface area contributed by atoms with E-state index in [4.69, 9.17) is 0 Å². The molecule has 0 aromatic heterocycles. The van der Waals surface area contributed by atoms with Crippen molar-refractivity contribution in [3.63, 3.8) is 0 Å². The van der Waals surface area contributed by atoms with Crippen LogP contribution in [0, 0.1) is 0 Å². The van der Waals surface area contributed by atoms with Crippen LogP contribution in [0.1, 0.15) is 66.5 Å². The van der Waals surface area contributed by atoms with E-state index in [0.29, 0.717) is 0 Å². The first-order valence-electron chi connectivity index (χ1n) is 11.1. The third-order valence-corrected chi connectivity index (χ3v) is 12.4. The van der Waals surface area contributed by atoms with Crippen molar-refractivity contribution in [3.05, 3.63) is 59.7 Å². The van der Waals surface area contributed by atoms with Crippen LogP contribution in [0.2, 0.25) is 0 Å². The number of rotatable bonds is 10. The molecule has 2 aromatic carbocycles. The van der Waals surface area contributed by atoms with Crippen LogP contribution in [0.5, 0.6) is 0 Å². The summed E-state index contributed by atoms with van der Waals surface area (Å²) in [4.78, 5) is 0. The van der Waals surface area contributed by atoms with Gasteiger partial charge in [-0.15, -0.1) is 0 Å². The predicted molar refractivity (Wildman–Crippen MR) is 138 cm³/mol. The minimum Gasteiger partial charge on any atom is -0.355 e. The van der Waals surface area contributed by atoms with Crippen molar-refractivity contribution in [2.24, 2.45) is 0 Å². The first-order chi connectivity index (χ1) is 13.7. The third-order valence-electron chi connectivity index (χ3n) is 5.66. The van der Waals surface area contributed by atoms with Crippen molar-refractivity contribution in [2.75, 3.05) is 5.32 Å². The van der Waals surface area contributed by atoms with Crippen molar-refractivity contribution < 1.29 is 0 Å². The lowest BCUT2D eigenvalue weighted by Crippen LogP contribution is -2.08. The van der Waals surface area contributed by atoms with E-state index in [1.165, 1.54) is 34.8 Å². The molecular weight excluding hydrogens is 388 g/mol. The zero-order valence-electron chi connectivity index (χ0n) is 19.7. The molecule has 1 nitrogen and oxygen atoms in total. The largest absolute Gasteiger partial charge is 0.355 e. The highest BCUT2D eigenvalue weighted by atomic mass is 31.1. The fraction of sp³-hybridized carbons (Fsp3) is 0.538. The van der Waals surface area contributed by atoms with E-state index in [1.54, 1.807) is 0 Å². The van der Waals surface area contributed by atoms with Crippen LogP contribution in [0.25, 0.3) is 0 Å². The number of para-hydroxylation sites is 2. The highest BCUT2D eigenvalue weighted by Crippen LogP contribution is 2.51. The van der Waals surface area contributed by atoms with Crippen molar-refractivity contribution in [1.29, 1.82) is 0 Å². The summed E-state index contributed by atoms with van der Waals surface area (Å²) in [7, 11) is -0.0428. The van der Waals surface area contributed by atoms with Crippen LogP contribution in [0.4, 0.5) is 11.4 Å². The summed E-state index contributed by atoms with van der Waals surface area (Å²) in [5.41, 5.74) is 8.52. The van der Waals surface area contributed by atoms with Gasteiger partial charge in [-0.2, -0.15) is 0 Å². The predicted octanol–water partition coefficient (Wildman–Crippen LogP) is 9.03. The van der Waals surface area contributed by atoms with E-state index < -0.39 is 0 Å². The van der Waals surface area contributed by atoms with Crippen molar-refractivity contribution in [2.45, 2.75) is 90.3 Å². The molecule has 0 amide bonds. The molecule has 0 fully saturated rings. The molecule has 0 saturated heterocycles. The second-order valence-electron chi connectivity index (χ2n) is 9.16. The summed E-state index contributed by atoms with van der Waals surface area (Å²) in [6.07, 6.45) is 2.39. The van der Waals surface area contributed by atoms with Gasteiger partial charge in [0, 0.05) is 11.4 Å². The highest BCUT2D eigenvalue weighted by Gasteiger charge is 2.20. The van der Waals surface area contributed by atoms with Gasteiger partial charge in [-0.3, -0.25) is 0 Å². The molecule has 0 saturated carbocycles. The summed E-state index contributed by atoms with van der Waals surface area (Å²) in [5.74, 6) is 0. The molecule has 0 aliphatic carbocycles. The molecule has 0 unspecified atom stereocenters. The van der Waals surface area contributed by atoms with E-state index >= 15 is 0 Å². The van der Waals surface area contributed by atoms with Crippen LogP contribution < -0.4 is 5.32 Å². The molecule has 160 valence electrons. The van der Waals surface area contributed by atoms with Gasteiger partial charge in [0.1, 0.15) is 0 Å². The number of anilines is 2. The lowest BCUT2D eigenvalue weighted by Gasteiger charge is -2.28. The van der Waals surface area contributed by atoms with Gasteiger partial charge in [0.05, 0.1) is 0 Å². The van der Waals surface area contributed by atoms with Gasteiger partial charge in [0.2, 0.25) is 0 Å². The van der Waals surface area contributed by atoms with Crippen LogP contribution in [0.15, 0.2) is 48.5 Å². The fourth-order valence-corrected chi connectivity index (χ4v) is 9.21. The minimum absolute atomic E-state index is 0.0214. The Kier molecular flexibility index (Phi) is 9.65. The molecule has 0 spiro atoms. The number of nitrogens with one attached hydrogen (secondary N) is 1. The SMILES string of the molecule is CC(C)P(Cc1ccccc1Nc1ccccc1CP(C(C)C)C(C)C)C(C)C. The molecule has 0 radical (unpaired) electrons. The van der Waals surface area contributed by atoms with Gasteiger partial charge in [0.25, 0.3) is 0 Å². The molecule has 1 N–H and O–H groups in total. The molecule has 2 aromatic rings. The Morgan fingerprint density at radius 1 is 0.552 bits per heavy atom. The Morgan fingerprint density at radius 3 is 1.17 bits per heavy atom. The highest BCUT2D eigenvalue weighted by molar-refractivity contribution is 7.58. The summed E-state index contributed by atoms with van der Waals surface area (Å²) in [6, 6.07) is 17.9. The number of hydrogen-bond acceptors (Lipinski definition) is 1. The summed E-state index contributed by atoms with van der Waals surface area (Å²) in [6.45, 7) is 19.1. The van der Waals surface area contributed by atoms with E-state index in [9.17, 15) is 0 Å². The Bertz CT molecular complexity index is 672. The Balaban J connectivity index is 2.29. The van der Waals surface area contributed by atoms with Gasteiger partial charge in [0.15, 0.2) is 0 Å². The minimum atomic E-state index is -0.0214. The molecule has 0 atom stereocenters. The lowest BCUT2D eigenvalue weighted by molar-refractivity contribution is 0.995. The fourth-order valence-electron chi connectivity index (χ4n) is 4.02. The van der Waals surface area contributed by atoms with Crippen LogP contribution in [0.3, 0.4) is 0 Å². The van der Waals surface area contributed by atoms with Crippen LogP contribution in [-0.2, 0) is 12.3 Å². The molecule has 0 heterocycles.